The number of rotatable bonds is 6. The van der Waals surface area contributed by atoms with Crippen molar-refractivity contribution in [1.82, 2.24) is 15.6 Å². The molecule has 2 aromatic rings. The Kier molecular flexibility index (Phi) is 9.23. The van der Waals surface area contributed by atoms with Gasteiger partial charge in [-0.05, 0) is 26.8 Å². The molecule has 8 heteroatoms. The van der Waals surface area contributed by atoms with Crippen molar-refractivity contribution in [3.8, 4) is 0 Å². The SMILES string of the molecule is CCNC(=NCc1nc(C)c(C)o1)NCC(O)c1ccccc1Cl.I. The van der Waals surface area contributed by atoms with Crippen LogP contribution >= 0.6 is 35.6 Å². The zero-order valence-corrected chi connectivity index (χ0v) is 17.6. The molecule has 0 saturated carbocycles. The van der Waals surface area contributed by atoms with Gasteiger partial charge in [-0.15, -0.1) is 24.0 Å². The van der Waals surface area contributed by atoms with E-state index in [4.69, 9.17) is 16.0 Å². The van der Waals surface area contributed by atoms with Crippen LogP contribution in [0, 0.1) is 13.8 Å². The molecule has 2 rings (SSSR count). The van der Waals surface area contributed by atoms with Gasteiger partial charge in [0.1, 0.15) is 12.3 Å². The maximum atomic E-state index is 10.3. The summed E-state index contributed by atoms with van der Waals surface area (Å²) in [6.45, 7) is 7.07. The van der Waals surface area contributed by atoms with Crippen molar-refractivity contribution in [3.05, 3.63) is 52.2 Å². The molecule has 1 heterocycles. The quantitative estimate of drug-likeness (QED) is 0.337. The minimum atomic E-state index is -0.728. The maximum absolute atomic E-state index is 10.3. The van der Waals surface area contributed by atoms with Gasteiger partial charge in [-0.2, -0.15) is 0 Å². The molecule has 0 amide bonds. The summed E-state index contributed by atoms with van der Waals surface area (Å²) in [5.74, 6) is 1.94. The second kappa shape index (κ2) is 10.6. The van der Waals surface area contributed by atoms with Crippen molar-refractivity contribution in [2.24, 2.45) is 4.99 Å². The zero-order chi connectivity index (χ0) is 17.5. The van der Waals surface area contributed by atoms with Gasteiger partial charge in [-0.25, -0.2) is 9.98 Å². The Labute approximate surface area is 170 Å². The van der Waals surface area contributed by atoms with E-state index in [-0.39, 0.29) is 24.0 Å². The minimum Gasteiger partial charge on any atom is -0.444 e. The third-order valence-electron chi connectivity index (χ3n) is 3.52. The van der Waals surface area contributed by atoms with Gasteiger partial charge in [-0.3, -0.25) is 0 Å². The Morgan fingerprint density at radius 1 is 1.32 bits per heavy atom. The first kappa shape index (κ1) is 21.7. The Balaban J connectivity index is 0.00000312. The fourth-order valence-electron chi connectivity index (χ4n) is 2.14. The number of benzene rings is 1. The van der Waals surface area contributed by atoms with E-state index in [0.717, 1.165) is 11.5 Å². The molecule has 25 heavy (non-hydrogen) atoms. The first-order valence-corrected chi connectivity index (χ1v) is 8.26. The predicted octanol–water partition coefficient (Wildman–Crippen LogP) is 3.35. The summed E-state index contributed by atoms with van der Waals surface area (Å²) in [5.41, 5.74) is 1.55. The summed E-state index contributed by atoms with van der Waals surface area (Å²) < 4.78 is 5.51. The van der Waals surface area contributed by atoms with E-state index in [0.29, 0.717) is 42.1 Å². The van der Waals surface area contributed by atoms with Crippen LogP contribution in [0.3, 0.4) is 0 Å². The maximum Gasteiger partial charge on any atom is 0.216 e. The van der Waals surface area contributed by atoms with Crippen LogP contribution < -0.4 is 10.6 Å². The molecule has 0 fully saturated rings. The van der Waals surface area contributed by atoms with Crippen LogP contribution in [-0.4, -0.2) is 29.1 Å². The number of aliphatic hydroxyl groups is 1. The number of aliphatic hydroxyl groups excluding tert-OH is 1. The molecular formula is C17H24ClIN4O2. The van der Waals surface area contributed by atoms with Crippen molar-refractivity contribution in [2.75, 3.05) is 13.1 Å². The number of guanidine groups is 1. The molecule has 138 valence electrons. The van der Waals surface area contributed by atoms with E-state index >= 15 is 0 Å². The number of halogens is 2. The number of aryl methyl sites for hydroxylation is 2. The second-order valence-corrected chi connectivity index (χ2v) is 5.77. The van der Waals surface area contributed by atoms with E-state index in [1.165, 1.54) is 0 Å². The summed E-state index contributed by atoms with van der Waals surface area (Å²) in [4.78, 5) is 8.72. The lowest BCUT2D eigenvalue weighted by Gasteiger charge is -2.16. The number of oxazole rings is 1. The highest BCUT2D eigenvalue weighted by molar-refractivity contribution is 14.0. The summed E-state index contributed by atoms with van der Waals surface area (Å²) in [5, 5.41) is 17.0. The lowest BCUT2D eigenvalue weighted by atomic mass is 10.1. The smallest absolute Gasteiger partial charge is 0.216 e. The molecule has 1 aromatic carbocycles. The van der Waals surface area contributed by atoms with Gasteiger partial charge in [0.15, 0.2) is 5.96 Å². The van der Waals surface area contributed by atoms with E-state index in [1.807, 2.05) is 32.9 Å². The highest BCUT2D eigenvalue weighted by Crippen LogP contribution is 2.21. The molecule has 3 N–H and O–H groups in total. The number of nitrogens with one attached hydrogen (secondary N) is 2. The third kappa shape index (κ3) is 6.48. The molecule has 0 bridgehead atoms. The van der Waals surface area contributed by atoms with Gasteiger partial charge in [0.25, 0.3) is 0 Å². The monoisotopic (exact) mass is 478 g/mol. The topological polar surface area (TPSA) is 82.7 Å². The van der Waals surface area contributed by atoms with E-state index in [2.05, 4.69) is 20.6 Å². The first-order valence-electron chi connectivity index (χ1n) is 7.88. The zero-order valence-electron chi connectivity index (χ0n) is 14.5. The molecule has 1 unspecified atom stereocenters. The molecule has 0 aliphatic rings. The fourth-order valence-corrected chi connectivity index (χ4v) is 2.41. The van der Waals surface area contributed by atoms with Crippen LogP contribution in [0.1, 0.15) is 35.9 Å². The van der Waals surface area contributed by atoms with E-state index < -0.39 is 6.10 Å². The Morgan fingerprint density at radius 3 is 2.64 bits per heavy atom. The number of hydrogen-bond donors (Lipinski definition) is 3. The summed E-state index contributed by atoms with van der Waals surface area (Å²) in [6, 6.07) is 7.23. The van der Waals surface area contributed by atoms with Gasteiger partial charge >= 0.3 is 0 Å². The lowest BCUT2D eigenvalue weighted by molar-refractivity contribution is 0.181. The predicted molar refractivity (Wildman–Crippen MR) is 111 cm³/mol. The Hall–Kier alpha value is -1.32. The average Bonchev–Trinajstić information content (AvgIpc) is 2.88. The molecule has 0 spiro atoms. The number of aliphatic imine (C=N–C) groups is 1. The molecular weight excluding hydrogens is 455 g/mol. The average molecular weight is 479 g/mol. The molecule has 0 aliphatic heterocycles. The van der Waals surface area contributed by atoms with Crippen LogP contribution in [0.2, 0.25) is 5.02 Å². The number of hydrogen-bond acceptors (Lipinski definition) is 4. The van der Waals surface area contributed by atoms with Gasteiger partial charge in [-0.1, -0.05) is 29.8 Å². The fraction of sp³-hybridized carbons (Fsp3) is 0.412. The standard InChI is InChI=1S/C17H23ClN4O2.HI/c1-4-19-17(21-10-16-22-11(2)12(3)24-16)20-9-15(23)13-7-5-6-8-14(13)18;/h5-8,15,23H,4,9-10H2,1-3H3,(H2,19,20,21);1H. The van der Waals surface area contributed by atoms with Crippen LogP contribution in [0.15, 0.2) is 33.7 Å². The van der Waals surface area contributed by atoms with Crippen molar-refractivity contribution in [2.45, 2.75) is 33.4 Å². The summed E-state index contributed by atoms with van der Waals surface area (Å²) in [6.07, 6.45) is -0.728. The van der Waals surface area contributed by atoms with Crippen molar-refractivity contribution in [3.63, 3.8) is 0 Å². The molecule has 6 nitrogen and oxygen atoms in total. The molecule has 1 aromatic heterocycles. The molecule has 0 saturated heterocycles. The van der Waals surface area contributed by atoms with E-state index in [9.17, 15) is 5.11 Å². The lowest BCUT2D eigenvalue weighted by Crippen LogP contribution is -2.39. The summed E-state index contributed by atoms with van der Waals surface area (Å²) in [7, 11) is 0. The largest absolute Gasteiger partial charge is 0.444 e. The van der Waals surface area contributed by atoms with Gasteiger partial charge in [0.05, 0.1) is 11.8 Å². The Morgan fingerprint density at radius 2 is 2.04 bits per heavy atom. The van der Waals surface area contributed by atoms with Crippen LogP contribution in [0.4, 0.5) is 0 Å². The highest BCUT2D eigenvalue weighted by atomic mass is 127. The first-order chi connectivity index (χ1) is 11.5. The van der Waals surface area contributed by atoms with Crippen molar-refractivity contribution in [1.29, 1.82) is 0 Å². The van der Waals surface area contributed by atoms with Crippen LogP contribution in [0.25, 0.3) is 0 Å². The van der Waals surface area contributed by atoms with Crippen molar-refractivity contribution < 1.29 is 9.52 Å². The molecule has 1 atom stereocenters. The molecule has 0 aliphatic carbocycles. The second-order valence-electron chi connectivity index (χ2n) is 5.36. The normalized spacial score (nSPS) is 12.4. The minimum absolute atomic E-state index is 0. The van der Waals surface area contributed by atoms with Gasteiger partial charge in [0.2, 0.25) is 5.89 Å². The van der Waals surface area contributed by atoms with E-state index in [1.54, 1.807) is 12.1 Å². The number of aromatic nitrogens is 1. The van der Waals surface area contributed by atoms with Crippen molar-refractivity contribution >= 4 is 41.5 Å². The van der Waals surface area contributed by atoms with Crippen LogP contribution in [0.5, 0.6) is 0 Å². The third-order valence-corrected chi connectivity index (χ3v) is 3.86. The highest BCUT2D eigenvalue weighted by Gasteiger charge is 2.12. The summed E-state index contributed by atoms with van der Waals surface area (Å²) >= 11 is 6.10. The van der Waals surface area contributed by atoms with Gasteiger partial charge < -0.3 is 20.2 Å². The van der Waals surface area contributed by atoms with Crippen LogP contribution in [-0.2, 0) is 6.54 Å². The van der Waals surface area contributed by atoms with Gasteiger partial charge in [0, 0.05) is 23.7 Å². The molecule has 0 radical (unpaired) electrons. The Bertz CT molecular complexity index is 686. The number of nitrogens with zero attached hydrogens (tertiary/aromatic N) is 2.